The van der Waals surface area contributed by atoms with Gasteiger partial charge in [-0.1, -0.05) is 30.3 Å². The fraction of sp³-hybridized carbons (Fsp3) is 0.533. The average Bonchev–Trinajstić information content (AvgIpc) is 2.63. The molecule has 4 nitrogen and oxygen atoms in total. The zero-order chi connectivity index (χ0) is 13.5. The SMILES string of the molecule is CC(=O)NCC1CN(Cc2ccccc2)CCCO1. The van der Waals surface area contributed by atoms with E-state index in [1.807, 2.05) is 6.07 Å². The minimum absolute atomic E-state index is 0.00227. The quantitative estimate of drug-likeness (QED) is 0.892. The van der Waals surface area contributed by atoms with Gasteiger partial charge in [-0.2, -0.15) is 0 Å². The van der Waals surface area contributed by atoms with Gasteiger partial charge in [0.2, 0.25) is 5.91 Å². The van der Waals surface area contributed by atoms with E-state index in [0.29, 0.717) is 6.54 Å². The molecule has 1 unspecified atom stereocenters. The lowest BCUT2D eigenvalue weighted by atomic mass is 10.2. The van der Waals surface area contributed by atoms with E-state index < -0.39 is 0 Å². The molecule has 1 fully saturated rings. The smallest absolute Gasteiger partial charge is 0.216 e. The van der Waals surface area contributed by atoms with Gasteiger partial charge in [0, 0.05) is 39.7 Å². The number of hydrogen-bond donors (Lipinski definition) is 1. The minimum Gasteiger partial charge on any atom is -0.375 e. The fourth-order valence-electron chi connectivity index (χ4n) is 2.34. The number of nitrogens with zero attached hydrogens (tertiary/aromatic N) is 1. The molecule has 0 spiro atoms. The fourth-order valence-corrected chi connectivity index (χ4v) is 2.34. The molecule has 104 valence electrons. The maximum absolute atomic E-state index is 11.0. The first-order chi connectivity index (χ1) is 9.24. The van der Waals surface area contributed by atoms with E-state index in [1.54, 1.807) is 6.92 Å². The highest BCUT2D eigenvalue weighted by molar-refractivity contribution is 5.72. The molecule has 1 aromatic rings. The third-order valence-corrected chi connectivity index (χ3v) is 3.26. The van der Waals surface area contributed by atoms with Crippen LogP contribution in [0.25, 0.3) is 0 Å². The summed E-state index contributed by atoms with van der Waals surface area (Å²) in [7, 11) is 0. The molecule has 1 atom stereocenters. The van der Waals surface area contributed by atoms with Crippen molar-refractivity contribution in [2.75, 3.05) is 26.2 Å². The van der Waals surface area contributed by atoms with Crippen molar-refractivity contribution in [1.29, 1.82) is 0 Å². The standard InChI is InChI=1S/C15H22N2O2/c1-13(18)16-10-15-12-17(8-5-9-19-15)11-14-6-3-2-4-7-14/h2-4,6-7,15H,5,8-12H2,1H3,(H,16,18). The van der Waals surface area contributed by atoms with Crippen LogP contribution in [0.15, 0.2) is 30.3 Å². The van der Waals surface area contributed by atoms with Crippen LogP contribution in [0.5, 0.6) is 0 Å². The lowest BCUT2D eigenvalue weighted by Gasteiger charge is -2.23. The molecular formula is C15H22N2O2. The largest absolute Gasteiger partial charge is 0.375 e. The van der Waals surface area contributed by atoms with Crippen LogP contribution in [0.4, 0.5) is 0 Å². The number of rotatable bonds is 4. The number of carbonyl (C=O) groups is 1. The number of hydrogen-bond acceptors (Lipinski definition) is 3. The van der Waals surface area contributed by atoms with Crippen LogP contribution in [0.2, 0.25) is 0 Å². The number of ether oxygens (including phenoxy) is 1. The second-order valence-corrected chi connectivity index (χ2v) is 5.00. The summed E-state index contributed by atoms with van der Waals surface area (Å²) in [6, 6.07) is 10.5. The van der Waals surface area contributed by atoms with Crippen molar-refractivity contribution >= 4 is 5.91 Å². The molecule has 1 N–H and O–H groups in total. The lowest BCUT2D eigenvalue weighted by molar-refractivity contribution is -0.119. The molecular weight excluding hydrogens is 240 g/mol. The Kier molecular flexibility index (Phi) is 5.36. The number of benzene rings is 1. The Morgan fingerprint density at radius 2 is 2.21 bits per heavy atom. The zero-order valence-electron chi connectivity index (χ0n) is 11.5. The average molecular weight is 262 g/mol. The van der Waals surface area contributed by atoms with Crippen LogP contribution in [-0.2, 0) is 16.1 Å². The van der Waals surface area contributed by atoms with Gasteiger partial charge in [0.25, 0.3) is 0 Å². The van der Waals surface area contributed by atoms with Crippen molar-refractivity contribution in [1.82, 2.24) is 10.2 Å². The van der Waals surface area contributed by atoms with Gasteiger partial charge in [-0.15, -0.1) is 0 Å². The molecule has 19 heavy (non-hydrogen) atoms. The highest BCUT2D eigenvalue weighted by Gasteiger charge is 2.18. The molecule has 1 heterocycles. The van der Waals surface area contributed by atoms with Crippen molar-refractivity contribution in [3.63, 3.8) is 0 Å². The van der Waals surface area contributed by atoms with Crippen molar-refractivity contribution in [2.24, 2.45) is 0 Å². The summed E-state index contributed by atoms with van der Waals surface area (Å²) in [6.07, 6.45) is 1.14. The molecule has 0 radical (unpaired) electrons. The van der Waals surface area contributed by atoms with Crippen LogP contribution in [-0.4, -0.2) is 43.2 Å². The van der Waals surface area contributed by atoms with E-state index >= 15 is 0 Å². The van der Waals surface area contributed by atoms with Crippen LogP contribution in [0.1, 0.15) is 18.9 Å². The third kappa shape index (κ3) is 5.01. The number of carbonyl (C=O) groups excluding carboxylic acids is 1. The number of amides is 1. The first kappa shape index (κ1) is 14.0. The monoisotopic (exact) mass is 262 g/mol. The second-order valence-electron chi connectivity index (χ2n) is 5.00. The van der Waals surface area contributed by atoms with Crippen molar-refractivity contribution in [3.8, 4) is 0 Å². The van der Waals surface area contributed by atoms with Crippen LogP contribution < -0.4 is 5.32 Å². The lowest BCUT2D eigenvalue weighted by Crippen LogP contribution is -2.39. The molecule has 1 amide bonds. The number of nitrogens with one attached hydrogen (secondary N) is 1. The molecule has 0 bridgehead atoms. The molecule has 1 saturated heterocycles. The van der Waals surface area contributed by atoms with Crippen LogP contribution in [0, 0.1) is 0 Å². The summed E-state index contributed by atoms with van der Waals surface area (Å²) in [5, 5.41) is 2.84. The Morgan fingerprint density at radius 1 is 1.42 bits per heavy atom. The Hall–Kier alpha value is -1.39. The molecule has 0 aliphatic carbocycles. The summed E-state index contributed by atoms with van der Waals surface area (Å²) in [5.74, 6) is 0.00227. The summed E-state index contributed by atoms with van der Waals surface area (Å²) in [4.78, 5) is 13.4. The second kappa shape index (κ2) is 7.26. The molecule has 1 aliphatic rings. The van der Waals surface area contributed by atoms with Gasteiger partial charge in [-0.05, 0) is 12.0 Å². The summed E-state index contributed by atoms with van der Waals surface area (Å²) >= 11 is 0. The van der Waals surface area contributed by atoms with E-state index in [0.717, 1.165) is 32.7 Å². The normalized spacial score (nSPS) is 20.8. The molecule has 4 heteroatoms. The van der Waals surface area contributed by atoms with E-state index in [-0.39, 0.29) is 12.0 Å². The molecule has 0 saturated carbocycles. The van der Waals surface area contributed by atoms with Gasteiger partial charge in [0.15, 0.2) is 0 Å². The summed E-state index contributed by atoms with van der Waals surface area (Å²) < 4.78 is 5.76. The Balaban J connectivity index is 1.87. The van der Waals surface area contributed by atoms with E-state index in [9.17, 15) is 4.79 Å². The first-order valence-electron chi connectivity index (χ1n) is 6.86. The Morgan fingerprint density at radius 3 is 2.95 bits per heavy atom. The van der Waals surface area contributed by atoms with Crippen LogP contribution in [0.3, 0.4) is 0 Å². The van der Waals surface area contributed by atoms with Crippen LogP contribution >= 0.6 is 0 Å². The van der Waals surface area contributed by atoms with Gasteiger partial charge >= 0.3 is 0 Å². The highest BCUT2D eigenvalue weighted by atomic mass is 16.5. The third-order valence-electron chi connectivity index (χ3n) is 3.26. The first-order valence-corrected chi connectivity index (χ1v) is 6.86. The van der Waals surface area contributed by atoms with Gasteiger partial charge in [0.05, 0.1) is 6.10 Å². The Bertz CT molecular complexity index is 394. The van der Waals surface area contributed by atoms with Gasteiger partial charge in [-0.3, -0.25) is 9.69 Å². The molecule has 2 rings (SSSR count). The maximum atomic E-state index is 11.0. The predicted molar refractivity (Wildman–Crippen MR) is 74.8 cm³/mol. The topological polar surface area (TPSA) is 41.6 Å². The summed E-state index contributed by atoms with van der Waals surface area (Å²) in [6.45, 7) is 5.77. The van der Waals surface area contributed by atoms with Crippen molar-refractivity contribution < 1.29 is 9.53 Å². The van der Waals surface area contributed by atoms with E-state index in [1.165, 1.54) is 5.56 Å². The predicted octanol–water partition coefficient (Wildman–Crippen LogP) is 1.41. The maximum Gasteiger partial charge on any atom is 0.216 e. The zero-order valence-corrected chi connectivity index (χ0v) is 11.5. The molecule has 0 aromatic heterocycles. The molecule has 1 aromatic carbocycles. The summed E-state index contributed by atoms with van der Waals surface area (Å²) in [5.41, 5.74) is 1.32. The highest BCUT2D eigenvalue weighted by Crippen LogP contribution is 2.10. The molecule has 1 aliphatic heterocycles. The van der Waals surface area contributed by atoms with Gasteiger partial charge in [-0.25, -0.2) is 0 Å². The Labute approximate surface area is 114 Å². The van der Waals surface area contributed by atoms with Crippen molar-refractivity contribution in [3.05, 3.63) is 35.9 Å². The van der Waals surface area contributed by atoms with Crippen molar-refractivity contribution in [2.45, 2.75) is 26.0 Å². The van der Waals surface area contributed by atoms with E-state index in [2.05, 4.69) is 34.5 Å². The van der Waals surface area contributed by atoms with Gasteiger partial charge < -0.3 is 10.1 Å². The van der Waals surface area contributed by atoms with Gasteiger partial charge in [0.1, 0.15) is 0 Å². The van der Waals surface area contributed by atoms with E-state index in [4.69, 9.17) is 4.74 Å². The minimum atomic E-state index is 0.00227.